The average molecular weight is 555 g/mol. The molecule has 0 atom stereocenters. The number of alkyl halides is 3. The molecular formula is C22H26ClF3N2O7S. The number of nitrogens with zero attached hydrogens (tertiary/aromatic N) is 1. The van der Waals surface area contributed by atoms with E-state index in [2.05, 4.69) is 4.98 Å². The summed E-state index contributed by atoms with van der Waals surface area (Å²) in [5.41, 5.74) is -0.815. The average Bonchev–Trinajstić information content (AvgIpc) is 2.77. The van der Waals surface area contributed by atoms with Crippen molar-refractivity contribution < 1.29 is 46.4 Å². The van der Waals surface area contributed by atoms with Crippen LogP contribution in [-0.2, 0) is 21.0 Å². The van der Waals surface area contributed by atoms with Crippen molar-refractivity contribution in [2.24, 2.45) is 0 Å². The zero-order valence-electron chi connectivity index (χ0n) is 19.1. The number of hydrogen-bond donors (Lipinski definition) is 2. The largest absolute Gasteiger partial charge is 0.491 e. The van der Waals surface area contributed by atoms with Crippen LogP contribution in [0.25, 0.3) is 6.08 Å². The molecule has 0 aliphatic heterocycles. The van der Waals surface area contributed by atoms with Gasteiger partial charge in [-0.05, 0) is 30.7 Å². The van der Waals surface area contributed by atoms with E-state index in [0.29, 0.717) is 25.1 Å². The van der Waals surface area contributed by atoms with Gasteiger partial charge in [-0.3, -0.25) is 4.79 Å². The highest BCUT2D eigenvalue weighted by atomic mass is 35.5. The van der Waals surface area contributed by atoms with Gasteiger partial charge in [-0.15, -0.1) is 0 Å². The first kappa shape index (κ1) is 31.2. The van der Waals surface area contributed by atoms with E-state index in [1.54, 1.807) is 0 Å². The number of hydrogen-bond acceptors (Lipinski definition) is 7. The van der Waals surface area contributed by atoms with E-state index in [4.69, 9.17) is 26.2 Å². The van der Waals surface area contributed by atoms with Crippen molar-refractivity contribution in [2.45, 2.75) is 32.4 Å². The summed E-state index contributed by atoms with van der Waals surface area (Å²) in [5.74, 6) is -1.17. The highest BCUT2D eigenvalue weighted by Crippen LogP contribution is 2.36. The number of amides is 1. The predicted octanol–water partition coefficient (Wildman–Crippen LogP) is 3.74. The Morgan fingerprint density at radius 1 is 1.25 bits per heavy atom. The Kier molecular flexibility index (Phi) is 12.1. The Morgan fingerprint density at radius 2 is 1.97 bits per heavy atom. The van der Waals surface area contributed by atoms with Gasteiger partial charge in [0.05, 0.1) is 17.9 Å². The molecule has 1 aromatic heterocycles. The minimum Gasteiger partial charge on any atom is -0.491 e. The van der Waals surface area contributed by atoms with E-state index >= 15 is 0 Å². The summed E-state index contributed by atoms with van der Waals surface area (Å²) in [4.78, 5) is 15.7. The van der Waals surface area contributed by atoms with Gasteiger partial charge in [0.25, 0.3) is 5.91 Å². The Bertz CT molecular complexity index is 1160. The van der Waals surface area contributed by atoms with Gasteiger partial charge < -0.3 is 20.1 Å². The third-order valence-electron chi connectivity index (χ3n) is 4.37. The van der Waals surface area contributed by atoms with Gasteiger partial charge in [0.15, 0.2) is 0 Å². The summed E-state index contributed by atoms with van der Waals surface area (Å²) in [7, 11) is -3.80. The molecule has 0 aliphatic rings. The Labute approximate surface area is 211 Å². The van der Waals surface area contributed by atoms with E-state index in [-0.39, 0.29) is 47.4 Å². The lowest BCUT2D eigenvalue weighted by Gasteiger charge is -2.13. The second kappa shape index (κ2) is 14.0. The third-order valence-corrected chi connectivity index (χ3v) is 5.98. The summed E-state index contributed by atoms with van der Waals surface area (Å²) in [6.45, 7) is 1.62. The normalized spacial score (nSPS) is 11.7. The first-order valence-corrected chi connectivity index (χ1v) is 12.5. The number of unbranched alkanes of at least 4 members (excludes halogenated alkanes) is 2. The lowest BCUT2D eigenvalue weighted by molar-refractivity contribution is -0.137. The second-order valence-electron chi connectivity index (χ2n) is 7.21. The Morgan fingerprint density at radius 3 is 2.58 bits per heavy atom. The minimum absolute atomic E-state index is 0. The molecule has 0 saturated heterocycles. The summed E-state index contributed by atoms with van der Waals surface area (Å²) in [5, 5.41) is 8.53. The number of aromatic nitrogens is 1. The van der Waals surface area contributed by atoms with Crippen molar-refractivity contribution in [3.63, 3.8) is 0 Å². The fraction of sp³-hybridized carbons (Fsp3) is 0.364. The predicted molar refractivity (Wildman–Crippen MR) is 127 cm³/mol. The van der Waals surface area contributed by atoms with Crippen LogP contribution in [0.3, 0.4) is 0 Å². The lowest BCUT2D eigenvalue weighted by atomic mass is 10.1. The summed E-state index contributed by atoms with van der Waals surface area (Å²) in [6, 6.07) is 4.95. The number of carbonyl (C=O) groups excluding carboxylic acids is 1. The van der Waals surface area contributed by atoms with E-state index in [0.717, 1.165) is 12.5 Å². The molecule has 1 aromatic carbocycles. The summed E-state index contributed by atoms with van der Waals surface area (Å²) < 4.78 is 75.4. The quantitative estimate of drug-likeness (QED) is 0.300. The van der Waals surface area contributed by atoms with Gasteiger partial charge >= 0.3 is 6.18 Å². The molecule has 0 fully saturated rings. The number of ether oxygens (including phenoxy) is 2. The third kappa shape index (κ3) is 10.0. The molecule has 0 aliphatic carbocycles. The van der Waals surface area contributed by atoms with E-state index in [1.807, 2.05) is 11.6 Å². The van der Waals surface area contributed by atoms with Gasteiger partial charge in [0, 0.05) is 23.9 Å². The summed E-state index contributed by atoms with van der Waals surface area (Å²) in [6.07, 6.45) is 0.0660. The van der Waals surface area contributed by atoms with Crippen LogP contribution in [0.1, 0.15) is 37.3 Å². The van der Waals surface area contributed by atoms with Crippen molar-refractivity contribution >= 4 is 33.6 Å². The summed E-state index contributed by atoms with van der Waals surface area (Å²) >= 11 is 5.91. The van der Waals surface area contributed by atoms with E-state index < -0.39 is 32.7 Å². The molecule has 200 valence electrons. The fourth-order valence-corrected chi connectivity index (χ4v) is 3.97. The lowest BCUT2D eigenvalue weighted by Crippen LogP contribution is -2.31. The van der Waals surface area contributed by atoms with Crippen LogP contribution < -0.4 is 14.2 Å². The monoisotopic (exact) mass is 554 g/mol. The first-order chi connectivity index (χ1) is 16.4. The molecule has 0 unspecified atom stereocenters. The van der Waals surface area contributed by atoms with Crippen molar-refractivity contribution in [3.8, 4) is 17.4 Å². The first-order valence-electron chi connectivity index (χ1n) is 10.5. The number of aliphatic hydroxyl groups is 1. The zero-order valence-corrected chi connectivity index (χ0v) is 20.7. The van der Waals surface area contributed by atoms with E-state index in [9.17, 15) is 26.4 Å². The topological polar surface area (TPSA) is 146 Å². The maximum Gasteiger partial charge on any atom is 0.417 e. The van der Waals surface area contributed by atoms with Crippen molar-refractivity contribution in [2.75, 3.05) is 19.0 Å². The molecule has 9 nitrogen and oxygen atoms in total. The molecule has 0 bridgehead atoms. The zero-order chi connectivity index (χ0) is 26.1. The van der Waals surface area contributed by atoms with Crippen LogP contribution in [0.15, 0.2) is 36.5 Å². The van der Waals surface area contributed by atoms with Gasteiger partial charge in [0.2, 0.25) is 15.9 Å². The minimum atomic E-state index is -4.65. The van der Waals surface area contributed by atoms with Gasteiger partial charge in [-0.25, -0.2) is 18.1 Å². The molecule has 0 spiro atoms. The molecule has 0 saturated carbocycles. The van der Waals surface area contributed by atoms with E-state index in [1.165, 1.54) is 24.3 Å². The number of sulfonamides is 1. The highest BCUT2D eigenvalue weighted by molar-refractivity contribution is 7.90. The van der Waals surface area contributed by atoms with Crippen LogP contribution >= 0.6 is 11.6 Å². The fourth-order valence-electron chi connectivity index (χ4n) is 2.70. The van der Waals surface area contributed by atoms with Gasteiger partial charge in [-0.2, -0.15) is 13.2 Å². The maximum atomic E-state index is 12.9. The van der Waals surface area contributed by atoms with Crippen LogP contribution in [0.4, 0.5) is 13.2 Å². The molecule has 4 N–H and O–H groups in total. The van der Waals surface area contributed by atoms with Crippen LogP contribution in [0.5, 0.6) is 17.4 Å². The van der Waals surface area contributed by atoms with Crippen molar-refractivity contribution in [1.82, 2.24) is 9.71 Å². The number of rotatable bonds is 12. The van der Waals surface area contributed by atoms with Crippen LogP contribution in [0, 0.1) is 0 Å². The molecule has 14 heteroatoms. The molecule has 1 heterocycles. The molecule has 2 rings (SSSR count). The number of carbonyl (C=O) groups is 1. The number of nitrogens with one attached hydrogen (secondary N) is 1. The number of halogens is 4. The van der Waals surface area contributed by atoms with Crippen molar-refractivity contribution in [3.05, 3.63) is 52.7 Å². The van der Waals surface area contributed by atoms with Gasteiger partial charge in [-0.1, -0.05) is 31.4 Å². The number of aliphatic hydroxyl groups excluding tert-OH is 1. The number of pyridine rings is 1. The smallest absolute Gasteiger partial charge is 0.417 e. The molecule has 0 radical (unpaired) electrons. The molecule has 36 heavy (non-hydrogen) atoms. The van der Waals surface area contributed by atoms with Crippen LogP contribution in [-0.4, -0.2) is 48.9 Å². The Balaban J connectivity index is 0.00000648. The van der Waals surface area contributed by atoms with Crippen LogP contribution in [0.2, 0.25) is 5.02 Å². The second-order valence-corrected chi connectivity index (χ2v) is 9.46. The number of benzene rings is 1. The van der Waals surface area contributed by atoms with Gasteiger partial charge in [0.1, 0.15) is 23.1 Å². The molecule has 1 amide bonds. The standard InChI is InChI=1S/C22H24ClF3N2O6S.H2O/c1-2-3-4-11-35(31,32)28-20(30)8-6-15-5-7-17(33-10-9-29)13-19(15)34-21-18(23)12-16(14-27-21)22(24,25)26;/h5-8,12-14,29H,2-4,9-11H2,1H3,(H,28,30);1H2. The highest BCUT2D eigenvalue weighted by Gasteiger charge is 2.32. The SMILES string of the molecule is CCCCCS(=O)(=O)NC(=O)C=Cc1ccc(OCCO)cc1Oc1ncc(C(F)(F)F)cc1Cl.O. The van der Waals surface area contributed by atoms with Crippen molar-refractivity contribution in [1.29, 1.82) is 0 Å². The maximum absolute atomic E-state index is 12.9. The molecular weight excluding hydrogens is 529 g/mol. The Hall–Kier alpha value is -2.87. The molecule has 2 aromatic rings.